The van der Waals surface area contributed by atoms with Gasteiger partial charge in [-0.3, -0.25) is 4.90 Å². The third kappa shape index (κ3) is 3.68. The summed E-state index contributed by atoms with van der Waals surface area (Å²) in [6.45, 7) is 3.30. The molecule has 0 aliphatic rings. The summed E-state index contributed by atoms with van der Waals surface area (Å²) in [7, 11) is 1.97. The van der Waals surface area contributed by atoms with Gasteiger partial charge in [0.15, 0.2) is 5.76 Å². The molecule has 1 N–H and O–H groups in total. The standard InChI is InChI=1S/C15H18N2O3/c1-11-9-13(20-16-11)10-17(2)8-7-12-5-3-4-6-14(12)15(18)19/h3-6,9H,7-8,10H2,1-2H3,(H,18,19). The van der Waals surface area contributed by atoms with Gasteiger partial charge >= 0.3 is 5.97 Å². The lowest BCUT2D eigenvalue weighted by Crippen LogP contribution is -2.21. The Labute approximate surface area is 117 Å². The van der Waals surface area contributed by atoms with Gasteiger partial charge in [-0.25, -0.2) is 4.79 Å². The topological polar surface area (TPSA) is 66.6 Å². The predicted molar refractivity (Wildman–Crippen MR) is 74.7 cm³/mol. The molecule has 0 aliphatic carbocycles. The zero-order valence-electron chi connectivity index (χ0n) is 11.7. The first-order chi connectivity index (χ1) is 9.56. The first-order valence-electron chi connectivity index (χ1n) is 6.48. The maximum Gasteiger partial charge on any atom is 0.335 e. The molecule has 2 aromatic rings. The lowest BCUT2D eigenvalue weighted by Gasteiger charge is -2.15. The molecule has 1 heterocycles. The molecule has 0 radical (unpaired) electrons. The Balaban J connectivity index is 1.93. The van der Waals surface area contributed by atoms with Crippen LogP contribution in [0.2, 0.25) is 0 Å². The maximum absolute atomic E-state index is 11.1. The van der Waals surface area contributed by atoms with Gasteiger partial charge in [0.1, 0.15) is 0 Å². The third-order valence-electron chi connectivity index (χ3n) is 3.11. The second-order valence-corrected chi connectivity index (χ2v) is 4.88. The molecule has 0 spiro atoms. The van der Waals surface area contributed by atoms with Crippen molar-refractivity contribution in [3.05, 3.63) is 52.9 Å². The number of aromatic carboxylic acids is 1. The first kappa shape index (κ1) is 14.3. The molecule has 0 bridgehead atoms. The zero-order chi connectivity index (χ0) is 14.5. The van der Waals surface area contributed by atoms with Gasteiger partial charge in [-0.2, -0.15) is 0 Å². The van der Waals surface area contributed by atoms with Crippen molar-refractivity contribution in [2.75, 3.05) is 13.6 Å². The lowest BCUT2D eigenvalue weighted by atomic mass is 10.0. The summed E-state index contributed by atoms with van der Waals surface area (Å²) in [5.74, 6) is -0.0642. The number of likely N-dealkylation sites (N-methyl/N-ethyl adjacent to an activating group) is 1. The number of carbonyl (C=O) groups is 1. The molecule has 0 fully saturated rings. The van der Waals surface area contributed by atoms with Crippen LogP contribution < -0.4 is 0 Å². The Hall–Kier alpha value is -2.14. The van der Waals surface area contributed by atoms with E-state index in [-0.39, 0.29) is 0 Å². The molecule has 5 nitrogen and oxygen atoms in total. The van der Waals surface area contributed by atoms with E-state index in [4.69, 9.17) is 9.63 Å². The van der Waals surface area contributed by atoms with Crippen LogP contribution in [0.4, 0.5) is 0 Å². The number of hydrogen-bond donors (Lipinski definition) is 1. The van der Waals surface area contributed by atoms with E-state index in [2.05, 4.69) is 10.1 Å². The van der Waals surface area contributed by atoms with Crippen LogP contribution in [0.5, 0.6) is 0 Å². The van der Waals surface area contributed by atoms with Gasteiger partial charge in [0.2, 0.25) is 0 Å². The van der Waals surface area contributed by atoms with Gasteiger partial charge in [-0.1, -0.05) is 23.4 Å². The van der Waals surface area contributed by atoms with Crippen LogP contribution in [0.3, 0.4) is 0 Å². The molecule has 0 saturated carbocycles. The number of carboxylic acids is 1. The highest BCUT2D eigenvalue weighted by molar-refractivity contribution is 5.89. The molecule has 0 aliphatic heterocycles. The summed E-state index contributed by atoms with van der Waals surface area (Å²) in [5, 5.41) is 13.0. The second kappa shape index (κ2) is 6.34. The normalized spacial score (nSPS) is 10.9. The predicted octanol–water partition coefficient (Wildman–Crippen LogP) is 2.36. The van der Waals surface area contributed by atoms with E-state index in [1.807, 2.05) is 32.2 Å². The van der Waals surface area contributed by atoms with E-state index in [9.17, 15) is 4.79 Å². The lowest BCUT2D eigenvalue weighted by molar-refractivity contribution is 0.0695. The minimum absolute atomic E-state index is 0.372. The minimum Gasteiger partial charge on any atom is -0.478 e. The summed E-state index contributed by atoms with van der Waals surface area (Å²) >= 11 is 0. The van der Waals surface area contributed by atoms with Gasteiger partial charge in [0.25, 0.3) is 0 Å². The van der Waals surface area contributed by atoms with Crippen LogP contribution in [0.15, 0.2) is 34.9 Å². The van der Waals surface area contributed by atoms with Gasteiger partial charge < -0.3 is 9.63 Å². The molecule has 2 rings (SSSR count). The molecule has 1 aromatic carbocycles. The molecule has 5 heteroatoms. The minimum atomic E-state index is -0.880. The van der Waals surface area contributed by atoms with E-state index in [0.717, 1.165) is 23.6 Å². The molecule has 20 heavy (non-hydrogen) atoms. The Morgan fingerprint density at radius 3 is 2.80 bits per heavy atom. The third-order valence-corrected chi connectivity index (χ3v) is 3.11. The Morgan fingerprint density at radius 1 is 1.40 bits per heavy atom. The van der Waals surface area contributed by atoms with E-state index in [1.165, 1.54) is 0 Å². The van der Waals surface area contributed by atoms with Crippen molar-refractivity contribution in [1.82, 2.24) is 10.1 Å². The Kier molecular flexibility index (Phi) is 4.53. The van der Waals surface area contributed by atoms with Crippen molar-refractivity contribution in [3.8, 4) is 0 Å². The van der Waals surface area contributed by atoms with Gasteiger partial charge in [0.05, 0.1) is 17.8 Å². The molecule has 106 valence electrons. The van der Waals surface area contributed by atoms with Crippen LogP contribution in [0, 0.1) is 6.92 Å². The molecule has 1 aromatic heterocycles. The highest BCUT2D eigenvalue weighted by Gasteiger charge is 2.10. The average Bonchev–Trinajstić information content (AvgIpc) is 2.82. The SMILES string of the molecule is Cc1cc(CN(C)CCc2ccccc2C(=O)O)on1. The van der Waals surface area contributed by atoms with Crippen LogP contribution in [0.1, 0.15) is 27.4 Å². The first-order valence-corrected chi connectivity index (χ1v) is 6.48. The number of aryl methyl sites for hydroxylation is 1. The average molecular weight is 274 g/mol. The van der Waals surface area contributed by atoms with Gasteiger partial charge in [-0.15, -0.1) is 0 Å². The molecule has 0 unspecified atom stereocenters. The largest absolute Gasteiger partial charge is 0.478 e. The summed E-state index contributed by atoms with van der Waals surface area (Å²) in [6, 6.07) is 9.00. The second-order valence-electron chi connectivity index (χ2n) is 4.88. The quantitative estimate of drug-likeness (QED) is 0.876. The molecule has 0 saturated heterocycles. The number of carboxylic acid groups (broad SMARTS) is 1. The number of hydrogen-bond acceptors (Lipinski definition) is 4. The summed E-state index contributed by atoms with van der Waals surface area (Å²) in [4.78, 5) is 13.2. The van der Waals surface area contributed by atoms with E-state index >= 15 is 0 Å². The van der Waals surface area contributed by atoms with Crippen molar-refractivity contribution in [2.45, 2.75) is 19.9 Å². The molecule has 0 amide bonds. The van der Waals surface area contributed by atoms with Crippen molar-refractivity contribution < 1.29 is 14.4 Å². The highest BCUT2D eigenvalue weighted by Crippen LogP contribution is 2.11. The summed E-state index contributed by atoms with van der Waals surface area (Å²) < 4.78 is 5.16. The highest BCUT2D eigenvalue weighted by atomic mass is 16.5. The molecule has 0 atom stereocenters. The number of benzene rings is 1. The Morgan fingerprint density at radius 2 is 2.15 bits per heavy atom. The summed E-state index contributed by atoms with van der Waals surface area (Å²) in [6.07, 6.45) is 0.687. The van der Waals surface area contributed by atoms with E-state index < -0.39 is 5.97 Å². The van der Waals surface area contributed by atoms with Crippen molar-refractivity contribution in [3.63, 3.8) is 0 Å². The maximum atomic E-state index is 11.1. The number of aromatic nitrogens is 1. The van der Waals surface area contributed by atoms with Crippen molar-refractivity contribution in [2.24, 2.45) is 0 Å². The van der Waals surface area contributed by atoms with E-state index in [0.29, 0.717) is 18.5 Å². The van der Waals surface area contributed by atoms with E-state index in [1.54, 1.807) is 12.1 Å². The fraction of sp³-hybridized carbons (Fsp3) is 0.333. The van der Waals surface area contributed by atoms with Gasteiger partial charge in [0, 0.05) is 12.6 Å². The fourth-order valence-corrected chi connectivity index (χ4v) is 2.09. The van der Waals surface area contributed by atoms with Crippen molar-refractivity contribution >= 4 is 5.97 Å². The van der Waals surface area contributed by atoms with Crippen LogP contribution in [-0.2, 0) is 13.0 Å². The van der Waals surface area contributed by atoms with Crippen LogP contribution in [0.25, 0.3) is 0 Å². The fourth-order valence-electron chi connectivity index (χ4n) is 2.09. The monoisotopic (exact) mass is 274 g/mol. The number of rotatable bonds is 6. The van der Waals surface area contributed by atoms with Crippen LogP contribution >= 0.6 is 0 Å². The van der Waals surface area contributed by atoms with Crippen LogP contribution in [-0.4, -0.2) is 34.7 Å². The number of nitrogens with zero attached hydrogens (tertiary/aromatic N) is 2. The van der Waals surface area contributed by atoms with Gasteiger partial charge in [-0.05, 0) is 32.0 Å². The molecular formula is C15H18N2O3. The Bertz CT molecular complexity index is 592. The zero-order valence-corrected chi connectivity index (χ0v) is 11.7. The van der Waals surface area contributed by atoms with Crippen molar-refractivity contribution in [1.29, 1.82) is 0 Å². The molecular weight excluding hydrogens is 256 g/mol. The summed E-state index contributed by atoms with van der Waals surface area (Å²) in [5.41, 5.74) is 2.08. The smallest absolute Gasteiger partial charge is 0.335 e.